The van der Waals surface area contributed by atoms with E-state index < -0.39 is 0 Å². The molecule has 0 bridgehead atoms. The molecule has 0 atom stereocenters. The Hall–Kier alpha value is -2.59. The molecule has 0 amide bonds. The summed E-state index contributed by atoms with van der Waals surface area (Å²) < 4.78 is 1.90. The Labute approximate surface area is 139 Å². The standard InChI is InChI=1S/C16H17N5OS/c1-10-6-4-5-7-14(10)21-12(3)19-20-16(21)23-9-15(22)13(8-17)11(2)18/h4-7H,9,18H2,1-3H3. The van der Waals surface area contributed by atoms with E-state index in [0.717, 1.165) is 17.1 Å². The van der Waals surface area contributed by atoms with Crippen LogP contribution in [0.3, 0.4) is 0 Å². The Bertz CT molecular complexity index is 812. The minimum Gasteiger partial charge on any atom is -0.401 e. The Kier molecular flexibility index (Phi) is 5.19. The van der Waals surface area contributed by atoms with E-state index in [0.29, 0.717) is 5.16 Å². The number of nitrogens with two attached hydrogens (primary N) is 1. The van der Waals surface area contributed by atoms with E-state index >= 15 is 0 Å². The Morgan fingerprint density at radius 1 is 1.35 bits per heavy atom. The number of hydrogen-bond donors (Lipinski definition) is 1. The zero-order chi connectivity index (χ0) is 17.0. The highest BCUT2D eigenvalue weighted by Gasteiger charge is 2.17. The number of rotatable bonds is 5. The maximum Gasteiger partial charge on any atom is 0.196 e. The van der Waals surface area contributed by atoms with Gasteiger partial charge in [0.2, 0.25) is 0 Å². The van der Waals surface area contributed by atoms with Gasteiger partial charge in [-0.25, -0.2) is 0 Å². The van der Waals surface area contributed by atoms with Gasteiger partial charge in [0.15, 0.2) is 10.9 Å². The number of nitrogens with zero attached hydrogens (tertiary/aromatic N) is 4. The molecule has 1 heterocycles. The van der Waals surface area contributed by atoms with Gasteiger partial charge in [-0.2, -0.15) is 5.26 Å². The average molecular weight is 327 g/mol. The van der Waals surface area contributed by atoms with Gasteiger partial charge in [0.05, 0.1) is 11.4 Å². The fourth-order valence-corrected chi connectivity index (χ4v) is 2.96. The third kappa shape index (κ3) is 3.60. The Morgan fingerprint density at radius 2 is 2.04 bits per heavy atom. The molecule has 2 N–H and O–H groups in total. The van der Waals surface area contributed by atoms with Gasteiger partial charge in [0.1, 0.15) is 17.5 Å². The minimum absolute atomic E-state index is 0.00354. The largest absolute Gasteiger partial charge is 0.401 e. The maximum atomic E-state index is 12.1. The summed E-state index contributed by atoms with van der Waals surface area (Å²) in [5.74, 6) is 0.511. The van der Waals surface area contributed by atoms with E-state index in [4.69, 9.17) is 11.0 Å². The lowest BCUT2D eigenvalue weighted by Crippen LogP contribution is -2.11. The van der Waals surface area contributed by atoms with Crippen molar-refractivity contribution in [3.8, 4) is 11.8 Å². The molecule has 0 fully saturated rings. The lowest BCUT2D eigenvalue weighted by atomic mass is 10.2. The number of aryl methyl sites for hydroxylation is 2. The number of Topliss-reactive ketones (excluding diaryl/α,β-unsaturated/α-hetero) is 1. The van der Waals surface area contributed by atoms with Crippen molar-refractivity contribution in [1.82, 2.24) is 14.8 Å². The molecule has 0 aliphatic carbocycles. The van der Waals surface area contributed by atoms with E-state index in [1.54, 1.807) is 6.92 Å². The summed E-state index contributed by atoms with van der Waals surface area (Å²) in [4.78, 5) is 12.1. The molecule has 6 nitrogen and oxygen atoms in total. The van der Waals surface area contributed by atoms with Gasteiger partial charge in [-0.15, -0.1) is 10.2 Å². The molecule has 1 aromatic carbocycles. The third-order valence-electron chi connectivity index (χ3n) is 3.27. The van der Waals surface area contributed by atoms with Crippen LogP contribution in [0.2, 0.25) is 0 Å². The summed E-state index contributed by atoms with van der Waals surface area (Å²) in [5.41, 5.74) is 7.83. The molecule has 23 heavy (non-hydrogen) atoms. The monoisotopic (exact) mass is 327 g/mol. The molecule has 0 radical (unpaired) electrons. The number of hydrogen-bond acceptors (Lipinski definition) is 6. The van der Waals surface area contributed by atoms with E-state index in [2.05, 4.69) is 10.2 Å². The number of aromatic nitrogens is 3. The second-order valence-electron chi connectivity index (χ2n) is 5.03. The zero-order valence-corrected chi connectivity index (χ0v) is 14.0. The highest BCUT2D eigenvalue weighted by Crippen LogP contribution is 2.24. The Balaban J connectivity index is 2.27. The maximum absolute atomic E-state index is 12.1. The summed E-state index contributed by atoms with van der Waals surface area (Å²) in [7, 11) is 0. The fourth-order valence-electron chi connectivity index (χ4n) is 2.10. The van der Waals surface area contributed by atoms with Gasteiger partial charge in [0.25, 0.3) is 0 Å². The summed E-state index contributed by atoms with van der Waals surface area (Å²) in [6.45, 7) is 5.40. The first-order valence-corrected chi connectivity index (χ1v) is 7.94. The van der Waals surface area contributed by atoms with Gasteiger partial charge in [-0.05, 0) is 32.4 Å². The van der Waals surface area contributed by atoms with Crippen LogP contribution >= 0.6 is 11.8 Å². The van der Waals surface area contributed by atoms with Gasteiger partial charge in [0, 0.05) is 5.70 Å². The normalized spacial score (nSPS) is 11.7. The van der Waals surface area contributed by atoms with Crippen LogP contribution < -0.4 is 5.73 Å². The molecule has 2 rings (SSSR count). The molecule has 0 unspecified atom stereocenters. The molecule has 0 aliphatic heterocycles. The molecule has 7 heteroatoms. The fraction of sp³-hybridized carbons (Fsp3) is 0.250. The number of carbonyl (C=O) groups is 1. The van der Waals surface area contributed by atoms with E-state index in [1.165, 1.54) is 11.8 Å². The molecule has 1 aromatic heterocycles. The first-order valence-electron chi connectivity index (χ1n) is 6.96. The number of carbonyl (C=O) groups excluding carboxylic acids is 1. The molecule has 0 spiro atoms. The predicted molar refractivity (Wildman–Crippen MR) is 89.1 cm³/mol. The van der Waals surface area contributed by atoms with Crippen molar-refractivity contribution in [3.05, 3.63) is 46.9 Å². The van der Waals surface area contributed by atoms with Gasteiger partial charge >= 0.3 is 0 Å². The van der Waals surface area contributed by atoms with Gasteiger partial charge < -0.3 is 5.73 Å². The number of nitriles is 1. The van der Waals surface area contributed by atoms with Crippen molar-refractivity contribution in [3.63, 3.8) is 0 Å². The Morgan fingerprint density at radius 3 is 2.65 bits per heavy atom. The van der Waals surface area contributed by atoms with Crippen molar-refractivity contribution < 1.29 is 4.79 Å². The third-order valence-corrected chi connectivity index (χ3v) is 4.20. The number of thioether (sulfide) groups is 1. The quantitative estimate of drug-likeness (QED) is 0.514. The van der Waals surface area contributed by atoms with Crippen LogP contribution in [-0.4, -0.2) is 26.3 Å². The predicted octanol–water partition coefficient (Wildman–Crippen LogP) is 2.30. The second-order valence-corrected chi connectivity index (χ2v) is 5.98. The van der Waals surface area contributed by atoms with Crippen molar-refractivity contribution in [2.24, 2.45) is 5.73 Å². The summed E-state index contributed by atoms with van der Waals surface area (Å²) >= 11 is 1.24. The smallest absolute Gasteiger partial charge is 0.196 e. The van der Waals surface area contributed by atoms with Gasteiger partial charge in [-0.3, -0.25) is 9.36 Å². The number of para-hydroxylation sites is 1. The first-order chi connectivity index (χ1) is 11.0. The summed E-state index contributed by atoms with van der Waals surface area (Å²) in [6, 6.07) is 9.73. The average Bonchev–Trinajstić information content (AvgIpc) is 2.87. The van der Waals surface area contributed by atoms with Crippen LogP contribution in [0.15, 0.2) is 40.7 Å². The number of benzene rings is 1. The van der Waals surface area contributed by atoms with Crippen molar-refractivity contribution in [2.45, 2.75) is 25.9 Å². The highest BCUT2D eigenvalue weighted by molar-refractivity contribution is 7.99. The van der Waals surface area contributed by atoms with E-state index in [-0.39, 0.29) is 22.8 Å². The second kappa shape index (κ2) is 7.11. The van der Waals surface area contributed by atoms with E-state index in [9.17, 15) is 4.79 Å². The molecule has 0 saturated carbocycles. The minimum atomic E-state index is -0.311. The lowest BCUT2D eigenvalue weighted by Gasteiger charge is -2.10. The molecular formula is C16H17N5OS. The van der Waals surface area contributed by atoms with Crippen molar-refractivity contribution in [2.75, 3.05) is 5.75 Å². The molecular weight excluding hydrogens is 310 g/mol. The first kappa shape index (κ1) is 16.8. The topological polar surface area (TPSA) is 97.6 Å². The SMILES string of the molecule is CC(N)=C(C#N)C(=O)CSc1nnc(C)n1-c1ccccc1C. The molecule has 2 aromatic rings. The van der Waals surface area contributed by atoms with Crippen molar-refractivity contribution >= 4 is 17.5 Å². The van der Waals surface area contributed by atoms with Crippen LogP contribution in [0, 0.1) is 25.2 Å². The lowest BCUT2D eigenvalue weighted by molar-refractivity contribution is -0.112. The van der Waals surface area contributed by atoms with Crippen LogP contribution in [0.25, 0.3) is 5.69 Å². The van der Waals surface area contributed by atoms with Crippen LogP contribution in [0.1, 0.15) is 18.3 Å². The number of ketones is 1. The summed E-state index contributed by atoms with van der Waals surface area (Å²) in [6.07, 6.45) is 0. The summed E-state index contributed by atoms with van der Waals surface area (Å²) in [5, 5.41) is 17.8. The molecule has 0 saturated heterocycles. The highest BCUT2D eigenvalue weighted by atomic mass is 32.2. The van der Waals surface area contributed by atoms with Crippen molar-refractivity contribution in [1.29, 1.82) is 5.26 Å². The zero-order valence-electron chi connectivity index (χ0n) is 13.2. The van der Waals surface area contributed by atoms with E-state index in [1.807, 2.05) is 48.7 Å². The van der Waals surface area contributed by atoms with Gasteiger partial charge in [-0.1, -0.05) is 30.0 Å². The van der Waals surface area contributed by atoms with Crippen LogP contribution in [0.5, 0.6) is 0 Å². The molecule has 0 aliphatic rings. The molecule has 118 valence electrons. The van der Waals surface area contributed by atoms with Crippen LogP contribution in [0.4, 0.5) is 0 Å². The number of allylic oxidation sites excluding steroid dienone is 2. The van der Waals surface area contributed by atoms with Crippen LogP contribution in [-0.2, 0) is 4.79 Å².